The maximum absolute atomic E-state index is 13.9. The van der Waals surface area contributed by atoms with Gasteiger partial charge in [0.15, 0.2) is 11.4 Å². The Morgan fingerprint density at radius 1 is 1.08 bits per heavy atom. The molecule has 7 nitrogen and oxygen atoms in total. The molecule has 7 atom stereocenters. The molecule has 0 amide bonds. The molecule has 2 fully saturated rings. The van der Waals surface area contributed by atoms with Gasteiger partial charge in [-0.2, -0.15) is 0 Å². The number of benzene rings is 1. The van der Waals surface area contributed by atoms with Crippen LogP contribution < -0.4 is 0 Å². The van der Waals surface area contributed by atoms with Crippen LogP contribution in [0.1, 0.15) is 65.4 Å². The van der Waals surface area contributed by atoms with Gasteiger partial charge in [-0.25, -0.2) is 0 Å². The Morgan fingerprint density at radius 3 is 2.43 bits per heavy atom. The molecule has 4 rings (SSSR count). The molecule has 1 saturated heterocycles. The Balaban J connectivity index is 1.60. The van der Waals surface area contributed by atoms with E-state index in [-0.39, 0.29) is 48.0 Å². The first-order valence-corrected chi connectivity index (χ1v) is 13.4. The lowest BCUT2D eigenvalue weighted by molar-refractivity contribution is -0.295. The van der Waals surface area contributed by atoms with E-state index in [4.69, 9.17) is 18.9 Å². The fourth-order valence-corrected chi connectivity index (χ4v) is 6.53. The molecular weight excluding hydrogens is 472 g/mol. The van der Waals surface area contributed by atoms with Gasteiger partial charge >= 0.3 is 11.9 Å². The molecule has 0 bridgehead atoms. The predicted octanol–water partition coefficient (Wildman–Crippen LogP) is 4.61. The van der Waals surface area contributed by atoms with E-state index < -0.39 is 17.8 Å². The number of fused-ring (bicyclic) bond motifs is 3. The van der Waals surface area contributed by atoms with Crippen molar-refractivity contribution < 1.29 is 33.3 Å². The van der Waals surface area contributed by atoms with Crippen LogP contribution in [-0.4, -0.2) is 55.4 Å². The first kappa shape index (κ1) is 27.5. The monoisotopic (exact) mass is 512 g/mol. The van der Waals surface area contributed by atoms with E-state index in [0.29, 0.717) is 38.7 Å². The van der Waals surface area contributed by atoms with Crippen LogP contribution in [0.4, 0.5) is 0 Å². The highest BCUT2D eigenvalue weighted by Crippen LogP contribution is 2.52. The first-order valence-electron chi connectivity index (χ1n) is 13.4. The van der Waals surface area contributed by atoms with Gasteiger partial charge < -0.3 is 18.9 Å². The number of ether oxygens (including phenoxy) is 4. The molecule has 1 aliphatic heterocycles. The summed E-state index contributed by atoms with van der Waals surface area (Å²) < 4.78 is 23.6. The molecule has 0 N–H and O–H groups in total. The van der Waals surface area contributed by atoms with Gasteiger partial charge in [-0.1, -0.05) is 37.3 Å². The number of hydrogen-bond donors (Lipinski definition) is 0. The zero-order chi connectivity index (χ0) is 26.7. The Bertz CT molecular complexity index is 1030. The van der Waals surface area contributed by atoms with E-state index in [1.807, 2.05) is 44.2 Å². The maximum Gasteiger partial charge on any atom is 0.306 e. The summed E-state index contributed by atoms with van der Waals surface area (Å²) in [7, 11) is 1.55. The highest BCUT2D eigenvalue weighted by molar-refractivity contribution is 5.89. The van der Waals surface area contributed by atoms with E-state index in [1.54, 1.807) is 7.11 Å². The third kappa shape index (κ3) is 5.68. The van der Waals surface area contributed by atoms with Gasteiger partial charge in [-0.15, -0.1) is 0 Å². The molecule has 2 aliphatic carbocycles. The van der Waals surface area contributed by atoms with E-state index in [2.05, 4.69) is 6.92 Å². The molecule has 0 spiro atoms. The number of methoxy groups -OCH3 is 1. The number of hydrogen-bond acceptors (Lipinski definition) is 7. The minimum atomic E-state index is -0.787. The summed E-state index contributed by atoms with van der Waals surface area (Å²) in [6.07, 6.45) is 2.15. The molecule has 1 saturated carbocycles. The predicted molar refractivity (Wildman–Crippen MR) is 138 cm³/mol. The molecule has 3 aliphatic rings. The molecule has 202 valence electrons. The summed E-state index contributed by atoms with van der Waals surface area (Å²) in [6, 6.07) is 9.87. The number of ketones is 1. The number of aryl methyl sites for hydroxylation is 1. The lowest BCUT2D eigenvalue weighted by atomic mass is 9.60. The third-order valence-electron chi connectivity index (χ3n) is 8.61. The van der Waals surface area contributed by atoms with Crippen molar-refractivity contribution in [2.75, 3.05) is 13.7 Å². The van der Waals surface area contributed by atoms with Crippen LogP contribution in [0.25, 0.3) is 0 Å². The zero-order valence-electron chi connectivity index (χ0n) is 22.7. The van der Waals surface area contributed by atoms with Crippen LogP contribution in [0.2, 0.25) is 0 Å². The molecule has 37 heavy (non-hydrogen) atoms. The average Bonchev–Trinajstić information content (AvgIpc) is 2.85. The largest absolute Gasteiger partial charge is 0.458 e. The smallest absolute Gasteiger partial charge is 0.306 e. The standard InChI is InChI=1S/C30H40O7/c1-18-15-24-23(12-13-26-30(24,17-35-26)37-21(4)31)28(33)29(34-5)20(3)19(2)25(16-18)36-27(32)14-11-22-9-7-6-8-10-22/h6-10,18,23-26,29H,11-17H2,1-5H3/b20-19+/t18?,23?,24?,25-,26?,29?,30+/m0/s1. The lowest BCUT2D eigenvalue weighted by Crippen LogP contribution is -2.69. The van der Waals surface area contributed by atoms with Crippen LogP contribution in [0.3, 0.4) is 0 Å². The van der Waals surface area contributed by atoms with Gasteiger partial charge in [0.1, 0.15) is 18.3 Å². The second-order valence-electron chi connectivity index (χ2n) is 11.1. The van der Waals surface area contributed by atoms with Crippen molar-refractivity contribution in [1.82, 2.24) is 0 Å². The number of rotatable bonds is 6. The summed E-state index contributed by atoms with van der Waals surface area (Å²) in [4.78, 5) is 38.9. The Morgan fingerprint density at radius 2 is 1.81 bits per heavy atom. The summed E-state index contributed by atoms with van der Waals surface area (Å²) in [5.41, 5.74) is 1.96. The van der Waals surface area contributed by atoms with Gasteiger partial charge in [-0.05, 0) is 68.6 Å². The van der Waals surface area contributed by atoms with E-state index in [9.17, 15) is 14.4 Å². The number of Topliss-reactive ketones (excluding diaryl/α,β-unsaturated/α-hetero) is 1. The van der Waals surface area contributed by atoms with E-state index >= 15 is 0 Å². The Kier molecular flexibility index (Phi) is 8.54. The fourth-order valence-electron chi connectivity index (χ4n) is 6.53. The molecule has 5 unspecified atom stereocenters. The molecule has 0 radical (unpaired) electrons. The molecule has 1 aromatic carbocycles. The van der Waals surface area contributed by atoms with Crippen molar-refractivity contribution in [3.63, 3.8) is 0 Å². The number of esters is 2. The van der Waals surface area contributed by atoms with Crippen LogP contribution >= 0.6 is 0 Å². The minimum Gasteiger partial charge on any atom is -0.458 e. The van der Waals surface area contributed by atoms with Gasteiger partial charge in [0.05, 0.1) is 6.61 Å². The molecular formula is C30H40O7. The summed E-state index contributed by atoms with van der Waals surface area (Å²) in [6.45, 7) is 7.68. The zero-order valence-corrected chi connectivity index (χ0v) is 22.7. The number of carbonyl (C=O) groups excluding carboxylic acids is 3. The highest BCUT2D eigenvalue weighted by Gasteiger charge is 2.63. The Labute approximate surface area is 219 Å². The third-order valence-corrected chi connectivity index (χ3v) is 8.61. The second kappa shape index (κ2) is 11.5. The summed E-state index contributed by atoms with van der Waals surface area (Å²) >= 11 is 0. The van der Waals surface area contributed by atoms with Crippen LogP contribution in [0.15, 0.2) is 41.5 Å². The van der Waals surface area contributed by atoms with Gasteiger partial charge in [0.2, 0.25) is 0 Å². The van der Waals surface area contributed by atoms with Gasteiger partial charge in [0, 0.05) is 32.3 Å². The average molecular weight is 513 g/mol. The van der Waals surface area contributed by atoms with Gasteiger partial charge in [-0.3, -0.25) is 14.4 Å². The van der Waals surface area contributed by atoms with Crippen LogP contribution in [0, 0.1) is 17.8 Å². The van der Waals surface area contributed by atoms with Crippen molar-refractivity contribution in [1.29, 1.82) is 0 Å². The minimum absolute atomic E-state index is 0.00415. The number of carbonyl (C=O) groups is 3. The van der Waals surface area contributed by atoms with Crippen molar-refractivity contribution in [3.8, 4) is 0 Å². The summed E-state index contributed by atoms with van der Waals surface area (Å²) in [5.74, 6) is -0.953. The maximum atomic E-state index is 13.9. The van der Waals surface area contributed by atoms with Crippen molar-refractivity contribution in [2.45, 2.75) is 90.1 Å². The first-order chi connectivity index (χ1) is 17.7. The van der Waals surface area contributed by atoms with Crippen molar-refractivity contribution in [3.05, 3.63) is 47.0 Å². The van der Waals surface area contributed by atoms with E-state index in [1.165, 1.54) is 6.92 Å². The van der Waals surface area contributed by atoms with Gasteiger partial charge in [0.25, 0.3) is 0 Å². The summed E-state index contributed by atoms with van der Waals surface area (Å²) in [5, 5.41) is 0. The van der Waals surface area contributed by atoms with Crippen LogP contribution in [0.5, 0.6) is 0 Å². The Hall–Kier alpha value is -2.51. The van der Waals surface area contributed by atoms with Crippen molar-refractivity contribution in [2.24, 2.45) is 17.8 Å². The SMILES string of the molecule is COC1C(=O)C2CCC3OC[C@@]3(OC(C)=O)C2CC(C)C[C@H](OC(=O)CCc2ccccc2)/C(C)=C/1C. The topological polar surface area (TPSA) is 88.1 Å². The lowest BCUT2D eigenvalue weighted by Gasteiger charge is -2.58. The molecule has 1 heterocycles. The molecule has 0 aromatic heterocycles. The van der Waals surface area contributed by atoms with Crippen LogP contribution in [-0.2, 0) is 39.8 Å². The fraction of sp³-hybridized carbons (Fsp3) is 0.633. The molecule has 1 aromatic rings. The molecule has 7 heteroatoms. The van der Waals surface area contributed by atoms with Crippen molar-refractivity contribution >= 4 is 17.7 Å². The quantitative estimate of drug-likeness (QED) is 0.406. The second-order valence-corrected chi connectivity index (χ2v) is 11.1. The normalized spacial score (nSPS) is 36.0. The highest BCUT2D eigenvalue weighted by atomic mass is 16.6. The van der Waals surface area contributed by atoms with E-state index in [0.717, 1.165) is 16.7 Å².